The van der Waals surface area contributed by atoms with Gasteiger partial charge < -0.3 is 15.1 Å². The molecule has 1 aromatic carbocycles. The summed E-state index contributed by atoms with van der Waals surface area (Å²) in [6.45, 7) is 5.53. The summed E-state index contributed by atoms with van der Waals surface area (Å²) in [4.78, 5) is 22.9. The van der Waals surface area contributed by atoms with Crippen molar-refractivity contribution in [2.24, 2.45) is 0 Å². The first-order valence-corrected chi connectivity index (χ1v) is 10.9. The molecule has 0 amide bonds. The van der Waals surface area contributed by atoms with Crippen LogP contribution in [0.3, 0.4) is 0 Å². The molecule has 2 N–H and O–H groups in total. The lowest BCUT2D eigenvalue weighted by Gasteiger charge is -2.22. The Labute approximate surface area is 191 Å². The van der Waals surface area contributed by atoms with Gasteiger partial charge in [-0.15, -0.1) is 0 Å². The van der Waals surface area contributed by atoms with Crippen LogP contribution in [-0.4, -0.2) is 45.8 Å². The Morgan fingerprint density at radius 2 is 2.00 bits per heavy atom. The van der Waals surface area contributed by atoms with Crippen LogP contribution in [0.5, 0.6) is 0 Å². The van der Waals surface area contributed by atoms with Crippen LogP contribution in [0.25, 0.3) is 17.0 Å². The Kier molecular flexibility index (Phi) is 6.79. The van der Waals surface area contributed by atoms with E-state index in [1.54, 1.807) is 26.0 Å². The van der Waals surface area contributed by atoms with Crippen molar-refractivity contribution in [3.05, 3.63) is 65.5 Å². The summed E-state index contributed by atoms with van der Waals surface area (Å²) >= 11 is 0. The topological polar surface area (TPSA) is 97.4 Å². The molecule has 1 aliphatic heterocycles. The van der Waals surface area contributed by atoms with Gasteiger partial charge in [0, 0.05) is 43.8 Å². The minimum Gasteiger partial charge on any atom is -0.438 e. The summed E-state index contributed by atoms with van der Waals surface area (Å²) in [7, 11) is 1.81. The van der Waals surface area contributed by atoms with E-state index in [0.29, 0.717) is 46.6 Å². The molecule has 8 nitrogen and oxygen atoms in total. The van der Waals surface area contributed by atoms with E-state index in [0.717, 1.165) is 31.6 Å². The molecule has 4 aromatic rings. The van der Waals surface area contributed by atoms with Crippen LogP contribution in [0.2, 0.25) is 0 Å². The smallest absolute Gasteiger partial charge is 0.234 e. The van der Waals surface area contributed by atoms with Crippen molar-refractivity contribution in [3.63, 3.8) is 0 Å². The van der Waals surface area contributed by atoms with Gasteiger partial charge in [-0.2, -0.15) is 0 Å². The van der Waals surface area contributed by atoms with Crippen LogP contribution in [0, 0.1) is 19.7 Å². The fourth-order valence-electron chi connectivity index (χ4n) is 3.93. The second-order valence-corrected chi connectivity index (χ2v) is 7.99. The summed E-state index contributed by atoms with van der Waals surface area (Å²) in [5.41, 5.74) is 3.81. The molecule has 4 heterocycles. The molecular weight excluding hydrogens is 423 g/mol. The summed E-state index contributed by atoms with van der Waals surface area (Å²) in [5.74, 6) is 1.70. The SMILES string of the molecule is CNc1ccc(F)c(-c2cn3cc(C4CCNCC4)cnc3n2)c1.Cc1nc(C)c(C=O)o1. The van der Waals surface area contributed by atoms with Crippen molar-refractivity contribution in [1.29, 1.82) is 0 Å². The maximum atomic E-state index is 14.2. The highest BCUT2D eigenvalue weighted by molar-refractivity contribution is 5.71. The minimum atomic E-state index is -0.281. The lowest BCUT2D eigenvalue weighted by molar-refractivity contribution is 0.109. The third-order valence-electron chi connectivity index (χ3n) is 5.72. The molecule has 0 aliphatic carbocycles. The van der Waals surface area contributed by atoms with Gasteiger partial charge in [-0.25, -0.2) is 19.3 Å². The zero-order valence-corrected chi connectivity index (χ0v) is 18.9. The highest BCUT2D eigenvalue weighted by Crippen LogP contribution is 2.27. The van der Waals surface area contributed by atoms with Crippen LogP contribution < -0.4 is 10.6 Å². The normalized spacial score (nSPS) is 14.1. The Bertz CT molecular complexity index is 1260. The van der Waals surface area contributed by atoms with Crippen LogP contribution in [0.15, 0.2) is 41.2 Å². The van der Waals surface area contributed by atoms with Gasteiger partial charge in [0.05, 0.1) is 11.4 Å². The number of piperidine rings is 1. The molecule has 0 saturated carbocycles. The molecule has 0 unspecified atom stereocenters. The number of oxazole rings is 1. The number of fused-ring (bicyclic) bond motifs is 1. The number of anilines is 1. The largest absolute Gasteiger partial charge is 0.438 e. The molecular formula is C24H27FN6O2. The van der Waals surface area contributed by atoms with Gasteiger partial charge >= 0.3 is 0 Å². The number of imidazole rings is 1. The second kappa shape index (κ2) is 9.91. The zero-order valence-electron chi connectivity index (χ0n) is 18.9. The first-order chi connectivity index (χ1) is 16.0. The molecule has 0 bridgehead atoms. The fraction of sp³-hybridized carbons (Fsp3) is 0.333. The van der Waals surface area contributed by atoms with Gasteiger partial charge in [0.2, 0.25) is 5.78 Å². The highest BCUT2D eigenvalue weighted by atomic mass is 19.1. The molecule has 5 rings (SSSR count). The van der Waals surface area contributed by atoms with Crippen molar-refractivity contribution in [3.8, 4) is 11.3 Å². The maximum Gasteiger partial charge on any atom is 0.234 e. The Balaban J connectivity index is 0.000000243. The standard InChI is InChI=1S/C18H20FN5.C6H7NO2/c1-20-14-2-3-16(19)15(8-14)17-11-24-10-13(9-22-18(24)23-17)12-4-6-21-7-5-12;1-4-6(3-8)9-5(2)7-4/h2-3,8-12,20-21H,4-7H2,1H3;3H,1-2H3. The average Bonchev–Trinajstić information content (AvgIpc) is 3.41. The molecule has 0 radical (unpaired) electrons. The molecule has 1 saturated heterocycles. The van der Waals surface area contributed by atoms with Crippen LogP contribution >= 0.6 is 0 Å². The number of halogens is 1. The number of hydrogen-bond donors (Lipinski definition) is 2. The van der Waals surface area contributed by atoms with Gasteiger partial charge in [-0.1, -0.05) is 0 Å². The molecule has 1 fully saturated rings. The van der Waals surface area contributed by atoms with Gasteiger partial charge in [0.25, 0.3) is 0 Å². The van der Waals surface area contributed by atoms with Crippen molar-refractivity contribution in [2.45, 2.75) is 32.6 Å². The summed E-state index contributed by atoms with van der Waals surface area (Å²) in [6.07, 6.45) is 8.73. The number of carbonyl (C=O) groups excluding carboxylic acids is 1. The predicted octanol–water partition coefficient (Wildman–Crippen LogP) is 4.15. The summed E-state index contributed by atoms with van der Waals surface area (Å²) in [6, 6.07) is 4.94. The van der Waals surface area contributed by atoms with Crippen molar-refractivity contribution < 1.29 is 13.6 Å². The number of aromatic nitrogens is 4. The number of aryl methyl sites for hydroxylation is 2. The van der Waals surface area contributed by atoms with E-state index in [4.69, 9.17) is 4.42 Å². The van der Waals surface area contributed by atoms with E-state index < -0.39 is 0 Å². The number of nitrogens with one attached hydrogen (secondary N) is 2. The van der Waals surface area contributed by atoms with Crippen LogP contribution in [0.4, 0.5) is 10.1 Å². The number of rotatable bonds is 4. The summed E-state index contributed by atoms with van der Waals surface area (Å²) < 4.78 is 21.0. The minimum absolute atomic E-state index is 0.281. The van der Waals surface area contributed by atoms with Gasteiger partial charge in [0.1, 0.15) is 5.82 Å². The van der Waals surface area contributed by atoms with E-state index in [2.05, 4.69) is 31.8 Å². The monoisotopic (exact) mass is 450 g/mol. The maximum absolute atomic E-state index is 14.2. The third kappa shape index (κ3) is 5.09. The average molecular weight is 451 g/mol. The lowest BCUT2D eigenvalue weighted by atomic mass is 9.92. The van der Waals surface area contributed by atoms with E-state index >= 15 is 0 Å². The number of carbonyl (C=O) groups is 1. The summed E-state index contributed by atoms with van der Waals surface area (Å²) in [5, 5.41) is 6.40. The number of nitrogens with zero attached hydrogens (tertiary/aromatic N) is 4. The zero-order chi connectivity index (χ0) is 23.4. The number of aldehydes is 1. The molecule has 172 valence electrons. The number of benzene rings is 1. The predicted molar refractivity (Wildman–Crippen MR) is 124 cm³/mol. The lowest BCUT2D eigenvalue weighted by Crippen LogP contribution is -2.26. The Morgan fingerprint density at radius 3 is 2.64 bits per heavy atom. The van der Waals surface area contributed by atoms with Crippen LogP contribution in [0.1, 0.15) is 46.5 Å². The Morgan fingerprint density at radius 1 is 1.21 bits per heavy atom. The number of hydrogen-bond acceptors (Lipinski definition) is 7. The van der Waals surface area contributed by atoms with E-state index in [-0.39, 0.29) is 5.82 Å². The van der Waals surface area contributed by atoms with Crippen molar-refractivity contribution >= 4 is 17.8 Å². The van der Waals surface area contributed by atoms with Gasteiger partial charge in [-0.05, 0) is 62.5 Å². The van der Waals surface area contributed by atoms with E-state index in [1.807, 2.05) is 23.8 Å². The molecule has 0 atom stereocenters. The molecule has 0 spiro atoms. The fourth-order valence-corrected chi connectivity index (χ4v) is 3.93. The van der Waals surface area contributed by atoms with Crippen molar-refractivity contribution in [2.75, 3.05) is 25.5 Å². The quantitative estimate of drug-likeness (QED) is 0.451. The molecule has 33 heavy (non-hydrogen) atoms. The molecule has 1 aliphatic rings. The first-order valence-electron chi connectivity index (χ1n) is 10.9. The second-order valence-electron chi connectivity index (χ2n) is 7.99. The van der Waals surface area contributed by atoms with E-state index in [1.165, 1.54) is 11.6 Å². The highest BCUT2D eigenvalue weighted by Gasteiger charge is 2.17. The molecule has 9 heteroatoms. The van der Waals surface area contributed by atoms with Gasteiger partial charge in [-0.3, -0.25) is 9.20 Å². The molecule has 3 aromatic heterocycles. The van der Waals surface area contributed by atoms with Crippen molar-refractivity contribution in [1.82, 2.24) is 24.7 Å². The van der Waals surface area contributed by atoms with Crippen LogP contribution in [-0.2, 0) is 0 Å². The third-order valence-corrected chi connectivity index (χ3v) is 5.72. The van der Waals surface area contributed by atoms with E-state index in [9.17, 15) is 9.18 Å². The Hall–Kier alpha value is -3.59. The first kappa shape index (κ1) is 22.6. The van der Waals surface area contributed by atoms with Gasteiger partial charge in [0.15, 0.2) is 17.9 Å².